The molecule has 5 aliphatic heterocycles. The molecule has 482 valence electrons. The molecule has 1 unspecified atom stereocenters. The molecule has 3 saturated heterocycles. The number of nitrogens with one attached hydrogen (secondary N) is 4. The molecule has 2 saturated carbocycles. The van der Waals surface area contributed by atoms with Crippen molar-refractivity contribution in [1.82, 2.24) is 35.2 Å². The monoisotopic (exact) mass is 1360 g/mol. The van der Waals surface area contributed by atoms with Crippen LogP contribution in [0.1, 0.15) is 181 Å². The lowest BCUT2D eigenvalue weighted by molar-refractivity contribution is -0.136. The van der Waals surface area contributed by atoms with E-state index in [9.17, 15) is 33.6 Å². The number of hydrogen-bond acceptors (Lipinski definition) is 13. The van der Waals surface area contributed by atoms with Crippen molar-refractivity contribution in [2.24, 2.45) is 0 Å². The number of aryl methyl sites for hydroxylation is 1. The Labute approximate surface area is 550 Å². The summed E-state index contributed by atoms with van der Waals surface area (Å²) in [6.45, 7) is 14.4. The highest BCUT2D eigenvalue weighted by molar-refractivity contribution is 14.1. The lowest BCUT2D eigenvalue weighted by atomic mass is 9.73. The van der Waals surface area contributed by atoms with Crippen molar-refractivity contribution in [2.45, 2.75) is 173 Å². The number of nitrogens with zero attached hydrogens (tertiary/aromatic N) is 7. The second-order valence-electron chi connectivity index (χ2n) is 26.5. The SMILES string of the molecule is C/C=C/N(c1c(I)cc(-c2ccc3c(c2)N(C2CC(N4CCCCC4)C2)C(=O)C32CCN(C(=O)c3ccc(C(=O)N(C)[C@H]4CC[C@H](Nc5cccc6c5C(=O)N(C5CCC(=O)NC5=O)C6=O)CC4)cc3)CC2)nc1Nc1cc(C(=O)NC(C)C)c(C)cc1F)C(C)C. The van der Waals surface area contributed by atoms with Gasteiger partial charge in [-0.2, -0.15) is 0 Å². The molecular formula is C71H81FIN11O8. The van der Waals surface area contributed by atoms with E-state index in [0.29, 0.717) is 97.1 Å². The molecule has 21 heteroatoms. The molecule has 19 nitrogen and oxygen atoms in total. The Morgan fingerprint density at radius 2 is 1.51 bits per heavy atom. The number of piperidine rings is 3. The number of aromatic nitrogens is 1. The van der Waals surface area contributed by atoms with E-state index in [2.05, 4.69) is 84.5 Å². The van der Waals surface area contributed by atoms with Gasteiger partial charge in [0, 0.05) is 106 Å². The van der Waals surface area contributed by atoms with Gasteiger partial charge in [-0.1, -0.05) is 30.7 Å². The molecule has 6 heterocycles. The third kappa shape index (κ3) is 12.1. The van der Waals surface area contributed by atoms with Gasteiger partial charge in [0.25, 0.3) is 29.5 Å². The van der Waals surface area contributed by atoms with E-state index in [1.165, 1.54) is 25.3 Å². The smallest absolute Gasteiger partial charge is 0.264 e. The minimum atomic E-state index is -1.06. The number of anilines is 5. The van der Waals surface area contributed by atoms with Crippen LogP contribution in [0, 0.1) is 16.3 Å². The first-order valence-electron chi connectivity index (χ1n) is 32.6. The average Bonchev–Trinajstić information content (AvgIpc) is 1.55. The zero-order valence-electron chi connectivity index (χ0n) is 53.4. The summed E-state index contributed by atoms with van der Waals surface area (Å²) in [7, 11) is 1.79. The number of imide groups is 2. The summed E-state index contributed by atoms with van der Waals surface area (Å²) < 4.78 is 17.0. The van der Waals surface area contributed by atoms with Crippen molar-refractivity contribution in [1.29, 1.82) is 0 Å². The van der Waals surface area contributed by atoms with Crippen LogP contribution in [0.2, 0.25) is 0 Å². The summed E-state index contributed by atoms with van der Waals surface area (Å²) in [6.07, 6.45) is 13.0. The van der Waals surface area contributed by atoms with Crippen molar-refractivity contribution in [2.75, 3.05) is 53.7 Å². The summed E-state index contributed by atoms with van der Waals surface area (Å²) in [5.74, 6) is -2.92. The highest BCUT2D eigenvalue weighted by Gasteiger charge is 2.56. The lowest BCUT2D eigenvalue weighted by Crippen LogP contribution is -2.58. The van der Waals surface area contributed by atoms with Gasteiger partial charge in [0.1, 0.15) is 11.9 Å². The van der Waals surface area contributed by atoms with E-state index >= 15 is 9.18 Å². The molecule has 1 aromatic heterocycles. The highest BCUT2D eigenvalue weighted by Crippen LogP contribution is 2.53. The number of hydrogen-bond donors (Lipinski definition) is 4. The summed E-state index contributed by atoms with van der Waals surface area (Å²) in [5.41, 5.74) is 5.91. The largest absolute Gasteiger partial charge is 0.382 e. The molecule has 1 atom stereocenters. The molecule has 12 rings (SSSR count). The van der Waals surface area contributed by atoms with Crippen LogP contribution >= 0.6 is 22.6 Å². The molecule has 2 aliphatic carbocycles. The topological polar surface area (TPSA) is 217 Å². The minimum absolute atomic E-state index is 0.000350. The molecule has 5 aromatic rings. The zero-order valence-corrected chi connectivity index (χ0v) is 55.5. The number of benzene rings is 4. The Bertz CT molecular complexity index is 3830. The van der Waals surface area contributed by atoms with E-state index < -0.39 is 40.9 Å². The zero-order chi connectivity index (χ0) is 65.0. The number of carbonyl (C=O) groups excluding carboxylic acids is 8. The molecule has 7 aliphatic rings. The van der Waals surface area contributed by atoms with Crippen LogP contribution in [0.3, 0.4) is 0 Å². The molecule has 4 N–H and O–H groups in total. The van der Waals surface area contributed by atoms with Gasteiger partial charge in [-0.15, -0.1) is 0 Å². The molecule has 0 bridgehead atoms. The molecular weight excluding hydrogens is 1280 g/mol. The first-order valence-corrected chi connectivity index (χ1v) is 33.7. The van der Waals surface area contributed by atoms with Gasteiger partial charge < -0.3 is 40.4 Å². The maximum absolute atomic E-state index is 16.1. The van der Waals surface area contributed by atoms with Gasteiger partial charge >= 0.3 is 0 Å². The van der Waals surface area contributed by atoms with Crippen molar-refractivity contribution in [3.63, 3.8) is 0 Å². The maximum Gasteiger partial charge on any atom is 0.264 e. The Morgan fingerprint density at radius 3 is 2.18 bits per heavy atom. The van der Waals surface area contributed by atoms with Crippen LogP contribution in [0.4, 0.5) is 33.0 Å². The number of likely N-dealkylation sites (tertiary alicyclic amines) is 2. The number of halogens is 2. The van der Waals surface area contributed by atoms with E-state index in [-0.39, 0.29) is 83.5 Å². The maximum atomic E-state index is 16.1. The Morgan fingerprint density at radius 1 is 0.804 bits per heavy atom. The fourth-order valence-corrected chi connectivity index (χ4v) is 15.8. The van der Waals surface area contributed by atoms with Crippen LogP contribution in [0.15, 0.2) is 91.1 Å². The summed E-state index contributed by atoms with van der Waals surface area (Å²) >= 11 is 2.32. The fraction of sp³-hybridized carbons (Fsp3) is 0.451. The standard InChI is InChI=1S/C71H81FIN11O8/c1-8-29-82(41(4)5)62-54(73)39-56(76-63(62)77-57-38-51(42(6)34-53(57)72)64(86)74-40(2)3)45-19-24-52-59(35-45)83(49-36-48(37-49)80-30-10-9-11-31-80)70(92)71(52)27-32-81(33-28-71)67(89)44-17-15-43(16-18-44)66(88)79(7)47-22-20-46(21-23-47)75-55-14-12-13-50-61(55)69(91)84(68(50)90)58-25-26-60(85)78-65(58)87/h8,12-19,24,29,34-35,38-41,46-49,58,75H,9-11,20-23,25-28,30-33,36-37H2,1-7H3,(H,74,86)(H,76,77)(H,78,85,87)/b29-8+/t46-,47-,48?,49?,58?. The lowest BCUT2D eigenvalue weighted by Gasteiger charge is -2.48. The van der Waals surface area contributed by atoms with E-state index in [1.807, 2.05) is 50.1 Å². The minimum Gasteiger partial charge on any atom is -0.382 e. The Balaban J connectivity index is 0.739. The number of pyridine rings is 1. The predicted octanol–water partition coefficient (Wildman–Crippen LogP) is 10.9. The van der Waals surface area contributed by atoms with Crippen LogP contribution in [0.25, 0.3) is 11.3 Å². The Hall–Kier alpha value is -8.05. The van der Waals surface area contributed by atoms with Crippen molar-refractivity contribution in [3.05, 3.63) is 139 Å². The van der Waals surface area contributed by atoms with E-state index in [0.717, 1.165) is 56.9 Å². The summed E-state index contributed by atoms with van der Waals surface area (Å²) in [4.78, 5) is 126. The van der Waals surface area contributed by atoms with Crippen molar-refractivity contribution >= 4 is 98.4 Å². The summed E-state index contributed by atoms with van der Waals surface area (Å²) in [6, 6.07) is 22.1. The third-order valence-electron chi connectivity index (χ3n) is 20.0. The number of allylic oxidation sites excluding steroid dienone is 1. The number of fused-ring (bicyclic) bond motifs is 3. The Kier molecular flexibility index (Phi) is 18.2. The quantitative estimate of drug-likeness (QED) is 0.0535. The normalized spacial score (nSPS) is 22.2. The van der Waals surface area contributed by atoms with Gasteiger partial charge in [-0.05, 0) is 220 Å². The van der Waals surface area contributed by atoms with Gasteiger partial charge in [-0.25, -0.2) is 9.37 Å². The molecule has 8 amide bonds. The van der Waals surface area contributed by atoms with Gasteiger partial charge in [0.15, 0.2) is 5.82 Å². The molecule has 92 heavy (non-hydrogen) atoms. The van der Waals surface area contributed by atoms with Crippen LogP contribution in [-0.2, 0) is 19.8 Å². The van der Waals surface area contributed by atoms with Gasteiger partial charge in [0.2, 0.25) is 17.7 Å². The van der Waals surface area contributed by atoms with Crippen LogP contribution < -0.4 is 31.1 Å². The van der Waals surface area contributed by atoms with Crippen molar-refractivity contribution in [3.8, 4) is 11.3 Å². The number of carbonyl (C=O) groups is 8. The third-order valence-corrected chi connectivity index (χ3v) is 20.9. The molecule has 1 spiro atoms. The second-order valence-corrected chi connectivity index (χ2v) is 27.7. The number of rotatable bonds is 16. The number of amides is 8. The predicted molar refractivity (Wildman–Crippen MR) is 360 cm³/mol. The van der Waals surface area contributed by atoms with Crippen molar-refractivity contribution < 1.29 is 42.7 Å². The van der Waals surface area contributed by atoms with E-state index in [1.54, 1.807) is 67.4 Å². The van der Waals surface area contributed by atoms with Gasteiger partial charge in [0.05, 0.1) is 33.6 Å². The van der Waals surface area contributed by atoms with E-state index in [4.69, 9.17) is 4.98 Å². The van der Waals surface area contributed by atoms with Gasteiger partial charge in [-0.3, -0.25) is 48.6 Å². The van der Waals surface area contributed by atoms with Crippen LogP contribution in [-0.4, -0.2) is 147 Å². The average molecular weight is 1360 g/mol. The highest BCUT2D eigenvalue weighted by atomic mass is 127. The first kappa shape index (κ1) is 64.1. The molecule has 0 radical (unpaired) electrons. The summed E-state index contributed by atoms with van der Waals surface area (Å²) in [5, 5.41) is 12.0. The molecule has 4 aromatic carbocycles. The second kappa shape index (κ2) is 26.2. The molecule has 5 fully saturated rings. The first-order chi connectivity index (χ1) is 44.1. The van der Waals surface area contributed by atoms with Crippen LogP contribution in [0.5, 0.6) is 0 Å². The fourth-order valence-electron chi connectivity index (χ4n) is 14.9.